The monoisotopic (exact) mass is 575 g/mol. The van der Waals surface area contributed by atoms with Crippen LogP contribution in [0.3, 0.4) is 0 Å². The van der Waals surface area contributed by atoms with Crippen LogP contribution < -0.4 is 21.1 Å². The van der Waals surface area contributed by atoms with Crippen molar-refractivity contribution in [1.82, 2.24) is 24.8 Å². The zero-order chi connectivity index (χ0) is 22.9. The summed E-state index contributed by atoms with van der Waals surface area (Å²) in [4.78, 5) is 41.6. The Kier molecular flexibility index (Phi) is 7.46. The number of hydrogen-bond acceptors (Lipinski definition) is 8. The van der Waals surface area contributed by atoms with Gasteiger partial charge in [0.2, 0.25) is 5.95 Å². The van der Waals surface area contributed by atoms with Crippen molar-refractivity contribution in [3.05, 3.63) is 46.0 Å². The molecule has 2 fully saturated rings. The molecule has 180 valence electrons. The maximum Gasteiger partial charge on any atom is 0.263 e. The molecular weight excluding hydrogens is 545 g/mol. The Labute approximate surface area is 215 Å². The zero-order valence-corrected chi connectivity index (χ0v) is 21.8. The highest BCUT2D eigenvalue weighted by atomic mass is 127. The molecule has 0 bridgehead atoms. The van der Waals surface area contributed by atoms with Crippen molar-refractivity contribution in [1.29, 1.82) is 0 Å². The van der Waals surface area contributed by atoms with Crippen molar-refractivity contribution in [2.75, 3.05) is 36.4 Å². The number of halogens is 1. The molecule has 0 amide bonds. The van der Waals surface area contributed by atoms with E-state index in [1.165, 1.54) is 6.92 Å². The Morgan fingerprint density at radius 3 is 2.50 bits per heavy atom. The average molecular weight is 575 g/mol. The number of aryl methyl sites for hydroxylation is 1. The lowest BCUT2D eigenvalue weighted by molar-refractivity contribution is 0.101. The third kappa shape index (κ3) is 4.65. The fourth-order valence-electron chi connectivity index (χ4n) is 4.99. The predicted octanol–water partition coefficient (Wildman–Crippen LogP) is 3.58. The average Bonchev–Trinajstić information content (AvgIpc) is 3.34. The lowest BCUT2D eigenvalue weighted by Crippen LogP contribution is -2.43. The standard InChI is InChI=1S/C24H29N7O2.HI/c1-15-19-14-27-24(28-20-8-7-18(13-26-20)30-11-9-25-10-12-30)29-22(19)31(17-5-3-4-6-17)23(33)21(15)16(2)32;/h7-8,13-14,17,25H,3-6,9-12H2,1-2H3,(H,26,27,28,29);1H. The third-order valence-corrected chi connectivity index (χ3v) is 6.72. The first kappa shape index (κ1) is 24.5. The van der Waals surface area contributed by atoms with Crippen LogP contribution in [0.2, 0.25) is 0 Å². The first-order chi connectivity index (χ1) is 16.0. The quantitative estimate of drug-likeness (QED) is 0.352. The second kappa shape index (κ2) is 10.3. The van der Waals surface area contributed by atoms with E-state index < -0.39 is 0 Å². The van der Waals surface area contributed by atoms with E-state index >= 15 is 0 Å². The molecule has 9 nitrogen and oxygen atoms in total. The van der Waals surface area contributed by atoms with E-state index in [0.717, 1.165) is 62.9 Å². The van der Waals surface area contributed by atoms with Gasteiger partial charge in [-0.05, 0) is 44.4 Å². The van der Waals surface area contributed by atoms with Crippen molar-refractivity contribution in [3.8, 4) is 0 Å². The summed E-state index contributed by atoms with van der Waals surface area (Å²) in [6.45, 7) is 7.11. The minimum absolute atomic E-state index is 0. The molecule has 34 heavy (non-hydrogen) atoms. The Morgan fingerprint density at radius 2 is 1.85 bits per heavy atom. The minimum atomic E-state index is -0.248. The van der Waals surface area contributed by atoms with Crippen molar-refractivity contribution in [3.63, 3.8) is 0 Å². The van der Waals surface area contributed by atoms with E-state index in [0.29, 0.717) is 23.0 Å². The smallest absolute Gasteiger partial charge is 0.263 e. The number of nitrogens with one attached hydrogen (secondary N) is 2. The molecule has 1 aliphatic heterocycles. The third-order valence-electron chi connectivity index (χ3n) is 6.72. The normalized spacial score (nSPS) is 16.5. The van der Waals surface area contributed by atoms with Gasteiger partial charge in [-0.25, -0.2) is 9.97 Å². The van der Waals surface area contributed by atoms with E-state index in [2.05, 4.69) is 25.5 Å². The van der Waals surface area contributed by atoms with Crippen LogP contribution >= 0.6 is 24.0 Å². The number of rotatable bonds is 5. The van der Waals surface area contributed by atoms with Crippen LogP contribution in [0, 0.1) is 6.92 Å². The second-order valence-corrected chi connectivity index (χ2v) is 8.86. The molecule has 1 saturated carbocycles. The summed E-state index contributed by atoms with van der Waals surface area (Å²) >= 11 is 0. The largest absolute Gasteiger partial charge is 0.368 e. The molecule has 0 atom stereocenters. The number of fused-ring (bicyclic) bond motifs is 1. The summed E-state index contributed by atoms with van der Waals surface area (Å²) in [6.07, 6.45) is 7.52. The number of nitrogens with zero attached hydrogens (tertiary/aromatic N) is 5. The minimum Gasteiger partial charge on any atom is -0.368 e. The molecule has 0 spiro atoms. The van der Waals surface area contributed by atoms with Gasteiger partial charge < -0.3 is 15.5 Å². The number of Topliss-reactive ketones (excluding diaryl/α,β-unsaturated/α-hetero) is 1. The summed E-state index contributed by atoms with van der Waals surface area (Å²) in [5.41, 5.74) is 2.29. The van der Waals surface area contributed by atoms with Crippen LogP contribution in [0.15, 0.2) is 29.3 Å². The van der Waals surface area contributed by atoms with Crippen molar-refractivity contribution in [2.45, 2.75) is 45.6 Å². The van der Waals surface area contributed by atoms with Crippen LogP contribution in [0.5, 0.6) is 0 Å². The molecule has 2 N–H and O–H groups in total. The van der Waals surface area contributed by atoms with E-state index in [9.17, 15) is 9.59 Å². The Bertz CT molecular complexity index is 1250. The van der Waals surface area contributed by atoms with Gasteiger partial charge in [-0.1, -0.05) is 12.8 Å². The van der Waals surface area contributed by atoms with Gasteiger partial charge in [0, 0.05) is 43.8 Å². The van der Waals surface area contributed by atoms with Gasteiger partial charge in [0.25, 0.3) is 5.56 Å². The van der Waals surface area contributed by atoms with Crippen molar-refractivity contribution < 1.29 is 4.79 Å². The molecule has 10 heteroatoms. The van der Waals surface area contributed by atoms with Crippen LogP contribution in [0.25, 0.3) is 11.0 Å². The number of piperazine rings is 1. The van der Waals surface area contributed by atoms with Crippen LogP contribution in [0.1, 0.15) is 54.6 Å². The van der Waals surface area contributed by atoms with Gasteiger partial charge in [-0.15, -0.1) is 24.0 Å². The van der Waals surface area contributed by atoms with Gasteiger partial charge in [0.05, 0.1) is 17.4 Å². The second-order valence-electron chi connectivity index (χ2n) is 8.86. The Hall–Kier alpha value is -2.60. The molecule has 3 aromatic heterocycles. The number of pyridine rings is 2. The van der Waals surface area contributed by atoms with Crippen molar-refractivity contribution in [2.24, 2.45) is 0 Å². The fourth-order valence-corrected chi connectivity index (χ4v) is 4.99. The number of ketones is 1. The van der Waals surface area contributed by atoms with Crippen LogP contribution in [-0.4, -0.2) is 51.5 Å². The lowest BCUT2D eigenvalue weighted by Gasteiger charge is -2.29. The van der Waals surface area contributed by atoms with E-state index in [-0.39, 0.29) is 46.9 Å². The fraction of sp³-hybridized carbons (Fsp3) is 0.458. The molecular formula is C24H30IN7O2. The zero-order valence-electron chi connectivity index (χ0n) is 19.5. The van der Waals surface area contributed by atoms with Gasteiger partial charge in [-0.2, -0.15) is 4.98 Å². The maximum atomic E-state index is 13.3. The first-order valence-corrected chi connectivity index (χ1v) is 11.6. The molecule has 0 aromatic carbocycles. The molecule has 0 unspecified atom stereocenters. The topological polar surface area (TPSA) is 105 Å². The lowest BCUT2D eigenvalue weighted by atomic mass is 10.0. The van der Waals surface area contributed by atoms with E-state index in [1.54, 1.807) is 17.7 Å². The summed E-state index contributed by atoms with van der Waals surface area (Å²) in [6, 6.07) is 4.01. The van der Waals surface area contributed by atoms with E-state index in [4.69, 9.17) is 4.98 Å². The highest BCUT2D eigenvalue weighted by Crippen LogP contribution is 2.32. The molecule has 4 heterocycles. The van der Waals surface area contributed by atoms with Crippen LogP contribution in [0.4, 0.5) is 17.5 Å². The Morgan fingerprint density at radius 1 is 1.12 bits per heavy atom. The van der Waals surface area contributed by atoms with Crippen LogP contribution in [-0.2, 0) is 0 Å². The molecule has 2 aliphatic rings. The summed E-state index contributed by atoms with van der Waals surface area (Å²) in [5, 5.41) is 7.26. The summed E-state index contributed by atoms with van der Waals surface area (Å²) in [5.74, 6) is 0.799. The summed E-state index contributed by atoms with van der Waals surface area (Å²) in [7, 11) is 0. The van der Waals surface area contributed by atoms with Gasteiger partial charge in [0.1, 0.15) is 11.5 Å². The number of aromatic nitrogens is 4. The highest BCUT2D eigenvalue weighted by Gasteiger charge is 2.25. The Balaban J connectivity index is 0.00000274. The maximum absolute atomic E-state index is 13.3. The molecule has 3 aromatic rings. The van der Waals surface area contributed by atoms with E-state index in [1.807, 2.05) is 18.3 Å². The molecule has 5 rings (SSSR count). The molecule has 0 radical (unpaired) electrons. The number of carbonyl (C=O) groups excluding carboxylic acids is 1. The predicted molar refractivity (Wildman–Crippen MR) is 144 cm³/mol. The highest BCUT2D eigenvalue weighted by molar-refractivity contribution is 14.0. The molecule has 1 aliphatic carbocycles. The number of hydrogen-bond donors (Lipinski definition) is 2. The SMILES string of the molecule is CC(=O)c1c(C)c2cnc(Nc3ccc(N4CCNCC4)cn3)nc2n(C2CCCC2)c1=O.I. The molecule has 1 saturated heterocycles. The van der Waals surface area contributed by atoms with Gasteiger partial charge in [0.15, 0.2) is 5.78 Å². The van der Waals surface area contributed by atoms with Gasteiger partial charge in [-0.3, -0.25) is 14.2 Å². The number of carbonyl (C=O) groups is 1. The van der Waals surface area contributed by atoms with Crippen molar-refractivity contribution >= 4 is 58.2 Å². The first-order valence-electron chi connectivity index (χ1n) is 11.6. The summed E-state index contributed by atoms with van der Waals surface area (Å²) < 4.78 is 1.72. The van der Waals surface area contributed by atoms with Gasteiger partial charge >= 0.3 is 0 Å². The number of anilines is 3.